The molecular formula is C9H11NO4. The Kier molecular flexibility index (Phi) is 2.71. The van der Waals surface area contributed by atoms with Gasteiger partial charge in [0, 0.05) is 11.8 Å². The normalized spacial score (nSPS) is 16.6. The standard InChI is InChI=1S/C9H11NO4/c10-7-1-2-8-9(3-7)14-6-12-4-11-5-13-8/h1-3H,4-6,10H2. The van der Waals surface area contributed by atoms with Gasteiger partial charge in [-0.15, -0.1) is 0 Å². The second-order valence-corrected chi connectivity index (χ2v) is 2.76. The number of nitrogens with two attached hydrogens (primary N) is 1. The van der Waals surface area contributed by atoms with Gasteiger partial charge in [-0.2, -0.15) is 0 Å². The fraction of sp³-hybridized carbons (Fsp3) is 0.333. The molecule has 1 heterocycles. The molecule has 76 valence electrons. The second kappa shape index (κ2) is 4.17. The largest absolute Gasteiger partial charge is 0.464 e. The first-order valence-corrected chi connectivity index (χ1v) is 4.17. The molecule has 0 aromatic heterocycles. The highest BCUT2D eigenvalue weighted by Gasteiger charge is 2.07. The Hall–Kier alpha value is -1.46. The molecule has 0 saturated heterocycles. The third kappa shape index (κ3) is 2.07. The van der Waals surface area contributed by atoms with Gasteiger partial charge in [0.05, 0.1) is 0 Å². The maximum Gasteiger partial charge on any atom is 0.191 e. The summed E-state index contributed by atoms with van der Waals surface area (Å²) in [6, 6.07) is 5.16. The highest BCUT2D eigenvalue weighted by atomic mass is 16.8. The van der Waals surface area contributed by atoms with Gasteiger partial charge in [0.15, 0.2) is 31.9 Å². The molecule has 5 nitrogen and oxygen atoms in total. The van der Waals surface area contributed by atoms with Gasteiger partial charge in [0.25, 0.3) is 0 Å². The van der Waals surface area contributed by atoms with E-state index in [1.54, 1.807) is 18.2 Å². The zero-order chi connectivity index (χ0) is 9.80. The minimum Gasteiger partial charge on any atom is -0.464 e. The van der Waals surface area contributed by atoms with Crippen LogP contribution in [0.1, 0.15) is 0 Å². The third-order valence-electron chi connectivity index (χ3n) is 1.73. The van der Waals surface area contributed by atoms with Gasteiger partial charge >= 0.3 is 0 Å². The van der Waals surface area contributed by atoms with E-state index in [1.165, 1.54) is 0 Å². The summed E-state index contributed by atoms with van der Waals surface area (Å²) in [5.74, 6) is 1.17. The second-order valence-electron chi connectivity index (χ2n) is 2.76. The molecule has 0 aliphatic carbocycles. The van der Waals surface area contributed by atoms with Crippen LogP contribution in [0, 0.1) is 0 Å². The van der Waals surface area contributed by atoms with E-state index in [-0.39, 0.29) is 20.4 Å². The molecule has 1 aromatic carbocycles. The SMILES string of the molecule is Nc1ccc2c(c1)OCOCOCO2. The first-order valence-electron chi connectivity index (χ1n) is 4.17. The molecule has 0 atom stereocenters. The smallest absolute Gasteiger partial charge is 0.191 e. The molecular weight excluding hydrogens is 186 g/mol. The number of anilines is 1. The van der Waals surface area contributed by atoms with Crippen molar-refractivity contribution in [3.63, 3.8) is 0 Å². The highest BCUT2D eigenvalue weighted by Crippen LogP contribution is 2.29. The molecule has 2 rings (SSSR count). The number of nitrogen functional groups attached to an aromatic ring is 1. The van der Waals surface area contributed by atoms with E-state index < -0.39 is 0 Å². The molecule has 2 N–H and O–H groups in total. The molecule has 0 fully saturated rings. The van der Waals surface area contributed by atoms with E-state index in [4.69, 9.17) is 24.7 Å². The molecule has 0 amide bonds. The lowest BCUT2D eigenvalue weighted by molar-refractivity contribution is -0.121. The fourth-order valence-corrected chi connectivity index (χ4v) is 1.09. The third-order valence-corrected chi connectivity index (χ3v) is 1.73. The molecule has 0 saturated carbocycles. The van der Waals surface area contributed by atoms with E-state index in [9.17, 15) is 0 Å². The van der Waals surface area contributed by atoms with E-state index >= 15 is 0 Å². The summed E-state index contributed by atoms with van der Waals surface area (Å²) in [5.41, 5.74) is 6.22. The number of hydrogen-bond donors (Lipinski definition) is 1. The van der Waals surface area contributed by atoms with Crippen LogP contribution >= 0.6 is 0 Å². The first-order chi connectivity index (χ1) is 6.86. The van der Waals surface area contributed by atoms with Crippen molar-refractivity contribution in [2.45, 2.75) is 0 Å². The number of benzene rings is 1. The minimum atomic E-state index is 0.125. The lowest BCUT2D eigenvalue weighted by Gasteiger charge is -2.09. The maximum absolute atomic E-state index is 5.60. The highest BCUT2D eigenvalue weighted by molar-refractivity contribution is 5.51. The number of hydrogen-bond acceptors (Lipinski definition) is 5. The lowest BCUT2D eigenvalue weighted by Crippen LogP contribution is -2.06. The van der Waals surface area contributed by atoms with Crippen LogP contribution in [0.2, 0.25) is 0 Å². The Labute approximate surface area is 81.3 Å². The lowest BCUT2D eigenvalue weighted by atomic mass is 10.3. The van der Waals surface area contributed by atoms with Crippen molar-refractivity contribution in [3.8, 4) is 11.5 Å². The van der Waals surface area contributed by atoms with Crippen LogP contribution in [-0.2, 0) is 9.47 Å². The van der Waals surface area contributed by atoms with E-state index in [0.717, 1.165) is 0 Å². The van der Waals surface area contributed by atoms with Crippen molar-refractivity contribution < 1.29 is 18.9 Å². The van der Waals surface area contributed by atoms with Crippen molar-refractivity contribution in [3.05, 3.63) is 18.2 Å². The first kappa shape index (κ1) is 9.11. The minimum absolute atomic E-state index is 0.125. The van der Waals surface area contributed by atoms with Crippen molar-refractivity contribution in [1.82, 2.24) is 0 Å². The summed E-state index contributed by atoms with van der Waals surface area (Å²) in [4.78, 5) is 0. The quantitative estimate of drug-likeness (QED) is 0.627. The van der Waals surface area contributed by atoms with Crippen LogP contribution in [0.25, 0.3) is 0 Å². The average molecular weight is 197 g/mol. The summed E-state index contributed by atoms with van der Waals surface area (Å²) >= 11 is 0. The van der Waals surface area contributed by atoms with Crippen LogP contribution in [-0.4, -0.2) is 20.4 Å². The molecule has 1 aliphatic heterocycles. The maximum atomic E-state index is 5.60. The predicted octanol–water partition coefficient (Wildman–Crippen LogP) is 0.946. The molecule has 0 radical (unpaired) electrons. The van der Waals surface area contributed by atoms with Crippen molar-refractivity contribution in [2.24, 2.45) is 0 Å². The van der Waals surface area contributed by atoms with Crippen molar-refractivity contribution >= 4 is 5.69 Å². The topological polar surface area (TPSA) is 62.9 Å². The van der Waals surface area contributed by atoms with Gasteiger partial charge in [-0.05, 0) is 12.1 Å². The molecule has 0 spiro atoms. The molecule has 14 heavy (non-hydrogen) atoms. The summed E-state index contributed by atoms with van der Waals surface area (Å²) in [5, 5.41) is 0. The monoisotopic (exact) mass is 197 g/mol. The summed E-state index contributed by atoms with van der Waals surface area (Å²) in [6.45, 7) is 0.420. The van der Waals surface area contributed by atoms with Crippen LogP contribution in [0.4, 0.5) is 5.69 Å². The van der Waals surface area contributed by atoms with Crippen molar-refractivity contribution in [1.29, 1.82) is 0 Å². The Bertz CT molecular complexity index is 316. The predicted molar refractivity (Wildman–Crippen MR) is 48.9 cm³/mol. The summed E-state index contributed by atoms with van der Waals surface area (Å²) < 4.78 is 20.5. The number of rotatable bonds is 0. The summed E-state index contributed by atoms with van der Waals surface area (Å²) in [7, 11) is 0. The van der Waals surface area contributed by atoms with Gasteiger partial charge in [0.2, 0.25) is 0 Å². The Balaban J connectivity index is 2.22. The molecule has 0 bridgehead atoms. The zero-order valence-electron chi connectivity index (χ0n) is 7.56. The molecule has 0 unspecified atom stereocenters. The summed E-state index contributed by atoms with van der Waals surface area (Å²) in [6.07, 6.45) is 0. The van der Waals surface area contributed by atoms with Gasteiger partial charge in [-0.25, -0.2) is 0 Å². The van der Waals surface area contributed by atoms with Crippen molar-refractivity contribution in [2.75, 3.05) is 26.1 Å². The van der Waals surface area contributed by atoms with Crippen LogP contribution in [0.3, 0.4) is 0 Å². The van der Waals surface area contributed by atoms with E-state index in [0.29, 0.717) is 17.2 Å². The Morgan fingerprint density at radius 1 is 0.929 bits per heavy atom. The van der Waals surface area contributed by atoms with Gasteiger partial charge in [-0.3, -0.25) is 0 Å². The molecule has 1 aliphatic rings. The number of ether oxygens (including phenoxy) is 4. The average Bonchev–Trinajstić information content (AvgIpc) is 2.29. The Morgan fingerprint density at radius 3 is 2.43 bits per heavy atom. The van der Waals surface area contributed by atoms with Crippen LogP contribution in [0.15, 0.2) is 18.2 Å². The number of fused-ring (bicyclic) bond motifs is 1. The molecule has 5 heteroatoms. The van der Waals surface area contributed by atoms with E-state index in [2.05, 4.69) is 0 Å². The van der Waals surface area contributed by atoms with Crippen LogP contribution < -0.4 is 15.2 Å². The zero-order valence-corrected chi connectivity index (χ0v) is 7.56. The van der Waals surface area contributed by atoms with E-state index in [1.807, 2.05) is 0 Å². The van der Waals surface area contributed by atoms with Gasteiger partial charge in [0.1, 0.15) is 0 Å². The van der Waals surface area contributed by atoms with Crippen LogP contribution in [0.5, 0.6) is 11.5 Å². The van der Waals surface area contributed by atoms with Gasteiger partial charge < -0.3 is 24.7 Å². The Morgan fingerprint density at radius 2 is 1.64 bits per heavy atom. The fourth-order valence-electron chi connectivity index (χ4n) is 1.09. The van der Waals surface area contributed by atoms with Gasteiger partial charge in [-0.1, -0.05) is 0 Å². The molecule has 1 aromatic rings.